The van der Waals surface area contributed by atoms with Gasteiger partial charge in [0.2, 0.25) is 4.96 Å². The van der Waals surface area contributed by atoms with Crippen LogP contribution in [0.2, 0.25) is 0 Å². The predicted molar refractivity (Wildman–Crippen MR) is 101 cm³/mol. The second kappa shape index (κ2) is 6.62. The average molecular weight is 367 g/mol. The molecule has 0 atom stereocenters. The Morgan fingerprint density at radius 1 is 1.24 bits per heavy atom. The highest BCUT2D eigenvalue weighted by Crippen LogP contribution is 2.21. The SMILES string of the molecule is C=CCOc1ccc(/C=c2/sc3nc(-c4cccs4)nn3c2=O)cc1. The van der Waals surface area contributed by atoms with Gasteiger partial charge in [0.25, 0.3) is 5.56 Å². The lowest BCUT2D eigenvalue weighted by atomic mass is 10.2. The van der Waals surface area contributed by atoms with E-state index in [1.807, 2.05) is 47.9 Å². The van der Waals surface area contributed by atoms with E-state index in [1.165, 1.54) is 15.9 Å². The first-order chi connectivity index (χ1) is 12.2. The van der Waals surface area contributed by atoms with Gasteiger partial charge in [-0.05, 0) is 35.2 Å². The van der Waals surface area contributed by atoms with Crippen molar-refractivity contribution in [2.75, 3.05) is 6.61 Å². The molecule has 4 rings (SSSR count). The molecule has 1 aromatic carbocycles. The van der Waals surface area contributed by atoms with Crippen molar-refractivity contribution in [3.63, 3.8) is 0 Å². The Balaban J connectivity index is 1.68. The number of hydrogen-bond acceptors (Lipinski definition) is 6. The highest BCUT2D eigenvalue weighted by Gasteiger charge is 2.12. The van der Waals surface area contributed by atoms with Crippen LogP contribution in [-0.4, -0.2) is 21.2 Å². The smallest absolute Gasteiger partial charge is 0.291 e. The minimum absolute atomic E-state index is 0.151. The van der Waals surface area contributed by atoms with Crippen molar-refractivity contribution >= 4 is 33.7 Å². The van der Waals surface area contributed by atoms with E-state index >= 15 is 0 Å². The monoisotopic (exact) mass is 367 g/mol. The van der Waals surface area contributed by atoms with E-state index in [1.54, 1.807) is 17.4 Å². The Kier molecular flexibility index (Phi) is 4.17. The van der Waals surface area contributed by atoms with Gasteiger partial charge < -0.3 is 4.74 Å². The van der Waals surface area contributed by atoms with Crippen molar-refractivity contribution in [1.29, 1.82) is 0 Å². The molecule has 5 nitrogen and oxygen atoms in total. The summed E-state index contributed by atoms with van der Waals surface area (Å²) in [5.41, 5.74) is 0.772. The van der Waals surface area contributed by atoms with E-state index in [0.717, 1.165) is 16.2 Å². The molecule has 124 valence electrons. The van der Waals surface area contributed by atoms with Gasteiger partial charge in [0.05, 0.1) is 9.41 Å². The molecule has 0 amide bonds. The molecule has 0 saturated carbocycles. The van der Waals surface area contributed by atoms with Gasteiger partial charge in [0, 0.05) is 0 Å². The molecule has 0 N–H and O–H groups in total. The van der Waals surface area contributed by atoms with Crippen LogP contribution in [0.5, 0.6) is 5.75 Å². The maximum absolute atomic E-state index is 12.5. The van der Waals surface area contributed by atoms with Crippen LogP contribution in [0.3, 0.4) is 0 Å². The van der Waals surface area contributed by atoms with Gasteiger partial charge >= 0.3 is 0 Å². The fraction of sp³-hybridized carbons (Fsp3) is 0.0556. The Labute approximate surface area is 151 Å². The minimum atomic E-state index is -0.151. The average Bonchev–Trinajstić information content (AvgIpc) is 3.33. The van der Waals surface area contributed by atoms with Crippen molar-refractivity contribution in [3.8, 4) is 16.5 Å². The third-order valence-electron chi connectivity index (χ3n) is 3.47. The fourth-order valence-corrected chi connectivity index (χ4v) is 3.87. The van der Waals surface area contributed by atoms with E-state index in [0.29, 0.717) is 21.9 Å². The summed E-state index contributed by atoms with van der Waals surface area (Å²) in [7, 11) is 0. The van der Waals surface area contributed by atoms with Crippen LogP contribution < -0.4 is 14.8 Å². The van der Waals surface area contributed by atoms with Crippen LogP contribution in [0.25, 0.3) is 21.7 Å². The molecule has 3 aromatic heterocycles. The van der Waals surface area contributed by atoms with Crippen LogP contribution in [0.1, 0.15) is 5.56 Å². The third-order valence-corrected chi connectivity index (χ3v) is 5.29. The van der Waals surface area contributed by atoms with Crippen LogP contribution in [-0.2, 0) is 0 Å². The molecule has 0 aliphatic rings. The lowest BCUT2D eigenvalue weighted by Crippen LogP contribution is -2.23. The molecule has 7 heteroatoms. The van der Waals surface area contributed by atoms with E-state index < -0.39 is 0 Å². The number of rotatable bonds is 5. The zero-order valence-electron chi connectivity index (χ0n) is 13.1. The summed E-state index contributed by atoms with van der Waals surface area (Å²) in [5, 5.41) is 6.29. The first-order valence-corrected chi connectivity index (χ1v) is 9.23. The second-order valence-corrected chi connectivity index (χ2v) is 7.15. The summed E-state index contributed by atoms with van der Waals surface area (Å²) in [6, 6.07) is 11.4. The van der Waals surface area contributed by atoms with Gasteiger partial charge in [-0.2, -0.15) is 9.50 Å². The maximum Gasteiger partial charge on any atom is 0.291 e. The lowest BCUT2D eigenvalue weighted by molar-refractivity contribution is 0.363. The standard InChI is InChI=1S/C18H13N3O2S2/c1-2-9-23-13-7-5-12(6-8-13)11-15-17(22)21-18(25-15)19-16(20-21)14-4-3-10-24-14/h2-8,10-11H,1,9H2/b15-11+. The summed E-state index contributed by atoms with van der Waals surface area (Å²) in [4.78, 5) is 18.5. The molecule has 0 fully saturated rings. The van der Waals surface area contributed by atoms with E-state index in [9.17, 15) is 4.79 Å². The van der Waals surface area contributed by atoms with E-state index in [-0.39, 0.29) is 5.56 Å². The molecule has 0 bridgehead atoms. The number of thiophene rings is 1. The number of thiazole rings is 1. The van der Waals surface area contributed by atoms with Gasteiger partial charge in [-0.15, -0.1) is 16.4 Å². The predicted octanol–water partition coefficient (Wildman–Crippen LogP) is 2.99. The van der Waals surface area contributed by atoms with Crippen molar-refractivity contribution < 1.29 is 4.74 Å². The molecule has 0 saturated heterocycles. The zero-order valence-corrected chi connectivity index (χ0v) is 14.7. The summed E-state index contributed by atoms with van der Waals surface area (Å²) in [6.07, 6.45) is 3.54. The highest BCUT2D eigenvalue weighted by molar-refractivity contribution is 7.15. The molecule has 0 radical (unpaired) electrons. The Morgan fingerprint density at radius 3 is 2.76 bits per heavy atom. The number of benzene rings is 1. The van der Waals surface area contributed by atoms with Gasteiger partial charge in [-0.3, -0.25) is 4.79 Å². The Hall–Kier alpha value is -2.77. The molecular formula is C18H13N3O2S2. The largest absolute Gasteiger partial charge is 0.490 e. The van der Waals surface area contributed by atoms with Crippen LogP contribution in [0.4, 0.5) is 0 Å². The van der Waals surface area contributed by atoms with Crippen molar-refractivity contribution in [2.45, 2.75) is 0 Å². The molecule has 0 aliphatic carbocycles. The van der Waals surface area contributed by atoms with Crippen LogP contribution in [0.15, 0.2) is 59.2 Å². The molecule has 4 aromatic rings. The van der Waals surface area contributed by atoms with Gasteiger partial charge in [-0.1, -0.05) is 42.2 Å². The number of aromatic nitrogens is 3. The first kappa shape index (κ1) is 15.7. The summed E-state index contributed by atoms with van der Waals surface area (Å²) in [5.74, 6) is 1.36. The summed E-state index contributed by atoms with van der Waals surface area (Å²) >= 11 is 2.89. The minimum Gasteiger partial charge on any atom is -0.490 e. The van der Waals surface area contributed by atoms with E-state index in [2.05, 4.69) is 16.7 Å². The van der Waals surface area contributed by atoms with E-state index in [4.69, 9.17) is 4.74 Å². The second-order valence-electron chi connectivity index (χ2n) is 5.19. The lowest BCUT2D eigenvalue weighted by Gasteiger charge is -2.02. The third kappa shape index (κ3) is 3.11. The van der Waals surface area contributed by atoms with Gasteiger partial charge in [0.15, 0.2) is 5.82 Å². The van der Waals surface area contributed by atoms with Gasteiger partial charge in [-0.25, -0.2) is 0 Å². The fourth-order valence-electron chi connectivity index (χ4n) is 2.31. The summed E-state index contributed by atoms with van der Waals surface area (Å²) < 4.78 is 7.43. The number of fused-ring (bicyclic) bond motifs is 1. The molecule has 0 unspecified atom stereocenters. The Bertz CT molecular complexity index is 1130. The highest BCUT2D eigenvalue weighted by atomic mass is 32.1. The molecule has 0 spiro atoms. The van der Waals surface area contributed by atoms with Crippen molar-refractivity contribution in [1.82, 2.24) is 14.6 Å². The molecule has 0 aliphatic heterocycles. The maximum atomic E-state index is 12.5. The number of hydrogen-bond donors (Lipinski definition) is 0. The first-order valence-electron chi connectivity index (χ1n) is 7.53. The molecular weight excluding hydrogens is 354 g/mol. The van der Waals surface area contributed by atoms with Crippen molar-refractivity contribution in [2.24, 2.45) is 0 Å². The zero-order chi connectivity index (χ0) is 17.2. The van der Waals surface area contributed by atoms with Gasteiger partial charge in [0.1, 0.15) is 12.4 Å². The molecule has 3 heterocycles. The van der Waals surface area contributed by atoms with Crippen molar-refractivity contribution in [3.05, 3.63) is 74.9 Å². The number of ether oxygens (including phenoxy) is 1. The van der Waals surface area contributed by atoms with Crippen LogP contribution in [0, 0.1) is 0 Å². The van der Waals surface area contributed by atoms with Crippen LogP contribution >= 0.6 is 22.7 Å². The normalized spacial score (nSPS) is 11.9. The topological polar surface area (TPSA) is 56.5 Å². The number of nitrogens with zero attached hydrogens (tertiary/aromatic N) is 3. The summed E-state index contributed by atoms with van der Waals surface area (Å²) in [6.45, 7) is 4.09. The molecule has 25 heavy (non-hydrogen) atoms. The Morgan fingerprint density at radius 2 is 2.08 bits per heavy atom. The quantitative estimate of drug-likeness (QED) is 0.509.